The average Bonchev–Trinajstić information content (AvgIpc) is 3.14. The number of nitrogens with one attached hydrogen (secondary N) is 2. The van der Waals surface area contributed by atoms with Crippen molar-refractivity contribution in [3.05, 3.63) is 82.4 Å². The molecule has 152 valence electrons. The molecule has 5 nitrogen and oxygen atoms in total. The van der Waals surface area contributed by atoms with E-state index in [1.807, 2.05) is 0 Å². The highest BCUT2D eigenvalue weighted by molar-refractivity contribution is 6.30. The van der Waals surface area contributed by atoms with Gasteiger partial charge in [-0.15, -0.1) is 0 Å². The van der Waals surface area contributed by atoms with Gasteiger partial charge < -0.3 is 5.32 Å². The Morgan fingerprint density at radius 2 is 1.86 bits per heavy atom. The molecule has 0 bridgehead atoms. The Morgan fingerprint density at radius 1 is 1.10 bits per heavy atom. The summed E-state index contributed by atoms with van der Waals surface area (Å²) in [5.74, 6) is 0.355. The Hall–Kier alpha value is -2.87. The SMILES string of the molecule is O=C(Cc1cccc(Cl)c1)N[C@@H](Cc1ccc(C(F)(F)F)cc1)Cc1ncn[nH]1. The second-order valence-electron chi connectivity index (χ2n) is 6.61. The van der Waals surface area contributed by atoms with E-state index < -0.39 is 11.7 Å². The number of hydrogen-bond donors (Lipinski definition) is 2. The molecule has 0 saturated heterocycles. The molecule has 1 amide bonds. The number of carbonyl (C=O) groups excluding carboxylic acids is 1. The molecule has 0 unspecified atom stereocenters. The normalized spacial score (nSPS) is 12.6. The fourth-order valence-electron chi connectivity index (χ4n) is 2.96. The van der Waals surface area contributed by atoms with Crippen LogP contribution in [0.25, 0.3) is 0 Å². The van der Waals surface area contributed by atoms with E-state index in [1.165, 1.54) is 18.5 Å². The molecule has 0 aliphatic carbocycles. The van der Waals surface area contributed by atoms with Crippen molar-refractivity contribution in [1.82, 2.24) is 20.5 Å². The highest BCUT2D eigenvalue weighted by Crippen LogP contribution is 2.29. The van der Waals surface area contributed by atoms with Crippen LogP contribution in [0.2, 0.25) is 5.02 Å². The average molecular weight is 423 g/mol. The maximum Gasteiger partial charge on any atom is 0.416 e. The first-order valence-corrected chi connectivity index (χ1v) is 9.21. The highest BCUT2D eigenvalue weighted by Gasteiger charge is 2.30. The van der Waals surface area contributed by atoms with Crippen molar-refractivity contribution >= 4 is 17.5 Å². The second kappa shape index (κ2) is 9.09. The molecular weight excluding hydrogens is 405 g/mol. The van der Waals surface area contributed by atoms with E-state index in [9.17, 15) is 18.0 Å². The molecule has 0 aliphatic heterocycles. The van der Waals surface area contributed by atoms with Crippen LogP contribution in [0.5, 0.6) is 0 Å². The van der Waals surface area contributed by atoms with Gasteiger partial charge >= 0.3 is 6.18 Å². The Morgan fingerprint density at radius 3 is 2.48 bits per heavy atom. The van der Waals surface area contributed by atoms with Crippen molar-refractivity contribution in [1.29, 1.82) is 0 Å². The third-order valence-corrected chi connectivity index (χ3v) is 4.52. The number of aromatic amines is 1. The van der Waals surface area contributed by atoms with Gasteiger partial charge in [0.1, 0.15) is 12.2 Å². The lowest BCUT2D eigenvalue weighted by molar-refractivity contribution is -0.137. The van der Waals surface area contributed by atoms with Crippen LogP contribution >= 0.6 is 11.6 Å². The quantitative estimate of drug-likeness (QED) is 0.605. The van der Waals surface area contributed by atoms with Crippen molar-refractivity contribution in [2.75, 3.05) is 0 Å². The van der Waals surface area contributed by atoms with Gasteiger partial charge in [0.15, 0.2) is 0 Å². The van der Waals surface area contributed by atoms with E-state index in [0.717, 1.165) is 17.7 Å². The predicted molar refractivity (Wildman–Crippen MR) is 102 cm³/mol. The number of nitrogens with zero attached hydrogens (tertiary/aromatic N) is 2. The molecule has 1 aromatic heterocycles. The number of hydrogen-bond acceptors (Lipinski definition) is 3. The van der Waals surface area contributed by atoms with Gasteiger partial charge in [0.05, 0.1) is 12.0 Å². The van der Waals surface area contributed by atoms with Crippen molar-refractivity contribution in [3.8, 4) is 0 Å². The number of halogens is 4. The Labute approximate surface area is 170 Å². The number of carbonyl (C=O) groups is 1. The number of alkyl halides is 3. The van der Waals surface area contributed by atoms with E-state index in [1.54, 1.807) is 24.3 Å². The minimum Gasteiger partial charge on any atom is -0.352 e. The molecule has 0 saturated carbocycles. The molecule has 3 aromatic rings. The minimum atomic E-state index is -4.39. The molecular formula is C20H18ClF3N4O. The minimum absolute atomic E-state index is 0.139. The van der Waals surface area contributed by atoms with E-state index in [4.69, 9.17) is 11.6 Å². The van der Waals surface area contributed by atoms with Crippen LogP contribution < -0.4 is 5.32 Å². The van der Waals surface area contributed by atoms with Crippen molar-refractivity contribution < 1.29 is 18.0 Å². The standard InChI is InChI=1S/C20H18ClF3N4O/c21-16-3-1-2-14(8-16)10-19(29)27-17(11-18-25-12-26-28-18)9-13-4-6-15(7-5-13)20(22,23)24/h1-8,12,17H,9-11H2,(H,27,29)(H,25,26,28)/t17-/m0/s1. The number of benzene rings is 2. The zero-order chi connectivity index (χ0) is 20.9. The van der Waals surface area contributed by atoms with Gasteiger partial charge in [0.25, 0.3) is 0 Å². The van der Waals surface area contributed by atoms with Gasteiger partial charge in [-0.05, 0) is 41.8 Å². The number of rotatable bonds is 7. The Kier molecular flexibility index (Phi) is 6.53. The van der Waals surface area contributed by atoms with Crippen molar-refractivity contribution in [2.24, 2.45) is 0 Å². The topological polar surface area (TPSA) is 70.7 Å². The summed E-state index contributed by atoms with van der Waals surface area (Å²) in [5.41, 5.74) is 0.728. The molecule has 0 aliphatic rings. The van der Waals surface area contributed by atoms with Crippen LogP contribution in [-0.4, -0.2) is 27.1 Å². The lowest BCUT2D eigenvalue weighted by Crippen LogP contribution is -2.39. The number of aromatic nitrogens is 3. The summed E-state index contributed by atoms with van der Waals surface area (Å²) in [5, 5.41) is 9.99. The van der Waals surface area contributed by atoms with E-state index in [0.29, 0.717) is 29.3 Å². The maximum absolute atomic E-state index is 12.8. The maximum atomic E-state index is 12.8. The summed E-state index contributed by atoms with van der Waals surface area (Å²) in [4.78, 5) is 16.6. The van der Waals surface area contributed by atoms with E-state index in [2.05, 4.69) is 20.5 Å². The third kappa shape index (κ3) is 6.32. The van der Waals surface area contributed by atoms with Gasteiger partial charge in [-0.25, -0.2) is 4.98 Å². The van der Waals surface area contributed by atoms with Crippen LogP contribution in [0.3, 0.4) is 0 Å². The molecule has 0 spiro atoms. The summed E-state index contributed by atoms with van der Waals surface area (Å²) >= 11 is 5.95. The molecule has 9 heteroatoms. The number of H-pyrrole nitrogens is 1. The Balaban J connectivity index is 1.69. The zero-order valence-electron chi connectivity index (χ0n) is 15.2. The predicted octanol–water partition coefficient (Wildman–Crippen LogP) is 3.99. The van der Waals surface area contributed by atoms with Crippen LogP contribution in [-0.2, 0) is 30.2 Å². The van der Waals surface area contributed by atoms with Gasteiger partial charge in [0.2, 0.25) is 5.91 Å². The fraction of sp³-hybridized carbons (Fsp3) is 0.250. The lowest BCUT2D eigenvalue weighted by atomic mass is 10.0. The summed E-state index contributed by atoms with van der Waals surface area (Å²) in [6, 6.07) is 11.5. The van der Waals surface area contributed by atoms with Crippen LogP contribution in [0.1, 0.15) is 22.5 Å². The highest BCUT2D eigenvalue weighted by atomic mass is 35.5. The first-order valence-electron chi connectivity index (χ1n) is 8.84. The summed E-state index contributed by atoms with van der Waals surface area (Å²) < 4.78 is 38.3. The summed E-state index contributed by atoms with van der Waals surface area (Å²) in [6.45, 7) is 0. The molecule has 0 radical (unpaired) electrons. The molecule has 2 aromatic carbocycles. The van der Waals surface area contributed by atoms with Gasteiger partial charge in [-0.2, -0.15) is 18.3 Å². The molecule has 29 heavy (non-hydrogen) atoms. The van der Waals surface area contributed by atoms with Gasteiger partial charge in [-0.1, -0.05) is 35.9 Å². The third-order valence-electron chi connectivity index (χ3n) is 4.29. The fourth-order valence-corrected chi connectivity index (χ4v) is 3.18. The summed E-state index contributed by atoms with van der Waals surface area (Å²) in [7, 11) is 0. The first-order chi connectivity index (χ1) is 13.8. The molecule has 2 N–H and O–H groups in total. The molecule has 1 heterocycles. The monoisotopic (exact) mass is 422 g/mol. The van der Waals surface area contributed by atoms with Crippen molar-refractivity contribution in [3.63, 3.8) is 0 Å². The Bertz CT molecular complexity index is 943. The summed E-state index contributed by atoms with van der Waals surface area (Å²) in [6.07, 6.45) is -2.18. The lowest BCUT2D eigenvalue weighted by Gasteiger charge is -2.18. The first kappa shape index (κ1) is 20.9. The van der Waals surface area contributed by atoms with E-state index in [-0.39, 0.29) is 18.4 Å². The largest absolute Gasteiger partial charge is 0.416 e. The molecule has 0 fully saturated rings. The van der Waals surface area contributed by atoms with Crippen LogP contribution in [0.4, 0.5) is 13.2 Å². The van der Waals surface area contributed by atoms with Gasteiger partial charge in [-0.3, -0.25) is 9.89 Å². The van der Waals surface area contributed by atoms with Gasteiger partial charge in [0, 0.05) is 17.5 Å². The second-order valence-corrected chi connectivity index (χ2v) is 7.04. The zero-order valence-corrected chi connectivity index (χ0v) is 16.0. The molecule has 3 rings (SSSR count). The number of amides is 1. The smallest absolute Gasteiger partial charge is 0.352 e. The molecule has 1 atom stereocenters. The van der Waals surface area contributed by atoms with Crippen molar-refractivity contribution in [2.45, 2.75) is 31.5 Å². The van der Waals surface area contributed by atoms with E-state index >= 15 is 0 Å². The van der Waals surface area contributed by atoms with Crippen LogP contribution in [0.15, 0.2) is 54.9 Å². The van der Waals surface area contributed by atoms with Crippen LogP contribution in [0, 0.1) is 0 Å².